The fourth-order valence-electron chi connectivity index (χ4n) is 3.50. The first kappa shape index (κ1) is 21.1. The van der Waals surface area contributed by atoms with E-state index < -0.39 is 0 Å². The van der Waals surface area contributed by atoms with Crippen molar-refractivity contribution in [1.29, 1.82) is 0 Å². The fourth-order valence-corrected chi connectivity index (χ4v) is 3.50. The quantitative estimate of drug-likeness (QED) is 0.301. The van der Waals surface area contributed by atoms with Crippen LogP contribution in [0.5, 0.6) is 0 Å². The summed E-state index contributed by atoms with van der Waals surface area (Å²) in [4.78, 5) is 0. The molecular weight excluding hydrogens is 392 g/mol. The third kappa shape index (κ3) is 4.76. The maximum atomic E-state index is 4.51. The van der Waals surface area contributed by atoms with Crippen molar-refractivity contribution in [3.63, 3.8) is 0 Å². The van der Waals surface area contributed by atoms with Gasteiger partial charge in [0.1, 0.15) is 0 Å². The lowest BCUT2D eigenvalue weighted by molar-refractivity contribution is 1.10. The van der Waals surface area contributed by atoms with Crippen molar-refractivity contribution in [3.8, 4) is 45.0 Å². The molecule has 2 aromatic heterocycles. The fraction of sp³-hybridized carbons (Fsp3) is 0.0714. The van der Waals surface area contributed by atoms with Crippen molar-refractivity contribution in [2.24, 2.45) is 0 Å². The highest BCUT2D eigenvalue weighted by Gasteiger charge is 2.10. The number of hydrogen-bond acceptors (Lipinski definition) is 2. The lowest BCUT2D eigenvalue weighted by Gasteiger charge is -2.01. The Hall–Kier alpha value is -4.18. The van der Waals surface area contributed by atoms with Crippen molar-refractivity contribution in [2.45, 2.75) is 13.8 Å². The number of aromatic nitrogens is 4. The zero-order chi connectivity index (χ0) is 22.3. The monoisotopic (exact) mass is 418 g/mol. The summed E-state index contributed by atoms with van der Waals surface area (Å²) in [5, 5.41) is 15.3. The van der Waals surface area contributed by atoms with Crippen molar-refractivity contribution >= 4 is 0 Å². The highest BCUT2D eigenvalue weighted by molar-refractivity contribution is 5.74. The van der Waals surface area contributed by atoms with Gasteiger partial charge in [0.2, 0.25) is 0 Å². The summed E-state index contributed by atoms with van der Waals surface area (Å²) in [6.07, 6.45) is 1.75. The normalized spacial score (nSPS) is 10.3. The van der Waals surface area contributed by atoms with Crippen LogP contribution >= 0.6 is 0 Å². The Morgan fingerprint density at radius 1 is 0.625 bits per heavy atom. The van der Waals surface area contributed by atoms with E-state index in [4.69, 9.17) is 0 Å². The van der Waals surface area contributed by atoms with Gasteiger partial charge in [-0.1, -0.05) is 78.4 Å². The number of nitrogens with zero attached hydrogens (tertiary/aromatic N) is 2. The third-order valence-corrected chi connectivity index (χ3v) is 5.02. The van der Waals surface area contributed by atoms with Gasteiger partial charge in [0.05, 0.1) is 22.8 Å². The van der Waals surface area contributed by atoms with Gasteiger partial charge in [0.15, 0.2) is 0 Å². The van der Waals surface area contributed by atoms with Crippen LogP contribution in [0.4, 0.5) is 0 Å². The molecule has 0 amide bonds. The first-order chi connectivity index (χ1) is 15.7. The summed E-state index contributed by atoms with van der Waals surface area (Å²) in [5.74, 6) is 0. The van der Waals surface area contributed by atoms with Gasteiger partial charge in [-0.25, -0.2) is 0 Å². The number of aromatic amines is 2. The van der Waals surface area contributed by atoms with E-state index >= 15 is 0 Å². The molecule has 0 saturated carbocycles. The second-order valence-electron chi connectivity index (χ2n) is 7.56. The van der Waals surface area contributed by atoms with Crippen LogP contribution in [-0.2, 0) is 0 Å². The number of benzene rings is 3. The number of hydrogen-bond donors (Lipinski definition) is 2. The number of nitrogens with one attached hydrogen (secondary N) is 2. The molecule has 0 aliphatic carbocycles. The maximum Gasteiger partial charge on any atom is 0.0927 e. The van der Waals surface area contributed by atoms with Gasteiger partial charge < -0.3 is 0 Å². The Morgan fingerprint density at radius 2 is 1.12 bits per heavy atom. The third-order valence-electron chi connectivity index (χ3n) is 5.02. The summed E-state index contributed by atoms with van der Waals surface area (Å²) in [5.41, 5.74) is 9.47. The molecule has 3 aromatic carbocycles. The second-order valence-corrected chi connectivity index (χ2v) is 7.56. The molecule has 0 aliphatic heterocycles. The van der Waals surface area contributed by atoms with E-state index in [0.717, 1.165) is 45.0 Å². The van der Waals surface area contributed by atoms with Gasteiger partial charge in [-0.3, -0.25) is 10.2 Å². The molecule has 0 atom stereocenters. The molecule has 0 aliphatic rings. The second kappa shape index (κ2) is 9.75. The number of rotatable bonds is 4. The van der Waals surface area contributed by atoms with Crippen LogP contribution in [0.25, 0.3) is 45.0 Å². The highest BCUT2D eigenvalue weighted by Crippen LogP contribution is 2.29. The van der Waals surface area contributed by atoms with Gasteiger partial charge in [0, 0.05) is 16.7 Å². The summed E-state index contributed by atoms with van der Waals surface area (Å²) in [6, 6.07) is 31.1. The summed E-state index contributed by atoms with van der Waals surface area (Å²) in [6.45, 7) is 7.34. The van der Waals surface area contributed by atoms with Crippen molar-refractivity contribution in [1.82, 2.24) is 20.4 Å². The molecule has 0 unspecified atom stereocenters. The molecule has 0 bridgehead atoms. The van der Waals surface area contributed by atoms with E-state index in [1.807, 2.05) is 25.1 Å². The van der Waals surface area contributed by atoms with Gasteiger partial charge in [-0.15, -0.1) is 6.58 Å². The van der Waals surface area contributed by atoms with Crippen LogP contribution in [0, 0.1) is 6.92 Å². The lowest BCUT2D eigenvalue weighted by Crippen LogP contribution is -1.82. The number of H-pyrrole nitrogens is 2. The van der Waals surface area contributed by atoms with E-state index in [9.17, 15) is 0 Å². The van der Waals surface area contributed by atoms with E-state index in [1.54, 1.807) is 6.08 Å². The Balaban J connectivity index is 0.000000775. The molecule has 32 heavy (non-hydrogen) atoms. The van der Waals surface area contributed by atoms with E-state index in [2.05, 4.69) is 107 Å². The van der Waals surface area contributed by atoms with Crippen LogP contribution < -0.4 is 0 Å². The predicted molar refractivity (Wildman–Crippen MR) is 133 cm³/mol. The first-order valence-electron chi connectivity index (χ1n) is 10.6. The van der Waals surface area contributed by atoms with E-state index in [1.165, 1.54) is 5.56 Å². The molecule has 2 heterocycles. The van der Waals surface area contributed by atoms with Gasteiger partial charge >= 0.3 is 0 Å². The molecule has 4 nitrogen and oxygen atoms in total. The topological polar surface area (TPSA) is 57.4 Å². The zero-order valence-electron chi connectivity index (χ0n) is 18.3. The zero-order valence-corrected chi connectivity index (χ0v) is 18.3. The standard InChI is InChI=1S/C25H20N4.C3H6/c1-17-7-5-10-19(13-17)23-16-25(29-27-23)21-12-6-11-20(14-21)24-15-22(26-28-24)18-8-3-2-4-9-18;1-3-2/h2-16H,1H3,(H,26,28)(H,27,29);3H,1H2,2H3. The highest BCUT2D eigenvalue weighted by atomic mass is 15.1. The van der Waals surface area contributed by atoms with Crippen molar-refractivity contribution in [2.75, 3.05) is 0 Å². The van der Waals surface area contributed by atoms with Gasteiger partial charge in [-0.05, 0) is 43.7 Å². The molecule has 158 valence electrons. The van der Waals surface area contributed by atoms with Crippen LogP contribution in [0.3, 0.4) is 0 Å². The van der Waals surface area contributed by atoms with Crippen LogP contribution in [-0.4, -0.2) is 20.4 Å². The average Bonchev–Trinajstić information content (AvgIpc) is 3.51. The molecular formula is C28H26N4. The Morgan fingerprint density at radius 3 is 1.75 bits per heavy atom. The molecule has 0 spiro atoms. The minimum absolute atomic E-state index is 0.920. The smallest absolute Gasteiger partial charge is 0.0927 e. The molecule has 0 saturated heterocycles. The summed E-state index contributed by atoms with van der Waals surface area (Å²) >= 11 is 0. The molecule has 5 rings (SSSR count). The van der Waals surface area contributed by atoms with Crippen LogP contribution in [0.15, 0.2) is 104 Å². The Bertz CT molecular complexity index is 1310. The maximum absolute atomic E-state index is 4.51. The number of aryl methyl sites for hydroxylation is 1. The van der Waals surface area contributed by atoms with Crippen molar-refractivity contribution < 1.29 is 0 Å². The first-order valence-corrected chi connectivity index (χ1v) is 10.6. The average molecular weight is 419 g/mol. The summed E-state index contributed by atoms with van der Waals surface area (Å²) in [7, 11) is 0. The molecule has 4 heteroatoms. The van der Waals surface area contributed by atoms with Crippen LogP contribution in [0.1, 0.15) is 12.5 Å². The van der Waals surface area contributed by atoms with Gasteiger partial charge in [-0.2, -0.15) is 10.2 Å². The predicted octanol–water partition coefficient (Wildman–Crippen LogP) is 7.30. The Labute approximate surface area is 188 Å². The minimum atomic E-state index is 0.920. The lowest BCUT2D eigenvalue weighted by atomic mass is 10.0. The molecule has 5 aromatic rings. The number of allylic oxidation sites excluding steroid dienone is 1. The van der Waals surface area contributed by atoms with Crippen molar-refractivity contribution in [3.05, 3.63) is 109 Å². The summed E-state index contributed by atoms with van der Waals surface area (Å²) < 4.78 is 0. The SMILES string of the molecule is C=CC.Cc1cccc(-c2cc(-c3cccc(-c4cc(-c5ccccc5)[nH]n4)c3)[nH]n2)c1. The minimum Gasteiger partial charge on any atom is -0.277 e. The molecule has 0 radical (unpaired) electrons. The van der Waals surface area contributed by atoms with Gasteiger partial charge in [0.25, 0.3) is 0 Å². The molecule has 2 N–H and O–H groups in total. The van der Waals surface area contributed by atoms with E-state index in [-0.39, 0.29) is 0 Å². The molecule has 0 fully saturated rings. The Kier molecular flexibility index (Phi) is 6.42. The van der Waals surface area contributed by atoms with E-state index in [0.29, 0.717) is 0 Å². The van der Waals surface area contributed by atoms with Crippen LogP contribution in [0.2, 0.25) is 0 Å². The largest absolute Gasteiger partial charge is 0.277 e.